The molecule has 2 aromatic rings. The van der Waals surface area contributed by atoms with Gasteiger partial charge in [-0.1, -0.05) is 23.4 Å². The standard InChI is InChI=1S/C16H17ClN2O4S/c17-12-6-4-11(5-7-12)15-18-19-16(23-15)24-10-14(20)22-9-13-3-1-2-8-21-13/h4-7,13H,1-3,8-10H2. The number of nitrogens with zero attached hydrogens (tertiary/aromatic N) is 2. The second-order valence-electron chi connectivity index (χ2n) is 5.34. The highest BCUT2D eigenvalue weighted by Crippen LogP contribution is 2.24. The molecule has 0 amide bonds. The van der Waals surface area contributed by atoms with Gasteiger partial charge in [0.25, 0.3) is 5.22 Å². The monoisotopic (exact) mass is 368 g/mol. The van der Waals surface area contributed by atoms with Crippen molar-refractivity contribution in [3.8, 4) is 11.5 Å². The van der Waals surface area contributed by atoms with E-state index in [4.69, 9.17) is 25.5 Å². The summed E-state index contributed by atoms with van der Waals surface area (Å²) in [6, 6.07) is 7.09. The largest absolute Gasteiger partial charge is 0.462 e. The van der Waals surface area contributed by atoms with Gasteiger partial charge in [0.1, 0.15) is 12.4 Å². The van der Waals surface area contributed by atoms with Crippen molar-refractivity contribution in [3.63, 3.8) is 0 Å². The Morgan fingerprint density at radius 3 is 2.88 bits per heavy atom. The molecule has 1 aromatic heterocycles. The predicted octanol–water partition coefficient (Wildman–Crippen LogP) is 3.59. The van der Waals surface area contributed by atoms with Gasteiger partial charge in [0.05, 0.1) is 6.10 Å². The highest BCUT2D eigenvalue weighted by molar-refractivity contribution is 7.99. The van der Waals surface area contributed by atoms with E-state index in [9.17, 15) is 4.79 Å². The van der Waals surface area contributed by atoms with Crippen molar-refractivity contribution in [2.75, 3.05) is 19.0 Å². The second kappa shape index (κ2) is 8.50. The first-order chi connectivity index (χ1) is 11.7. The van der Waals surface area contributed by atoms with Crippen LogP contribution >= 0.6 is 23.4 Å². The van der Waals surface area contributed by atoms with Crippen LogP contribution in [0.5, 0.6) is 0 Å². The van der Waals surface area contributed by atoms with Gasteiger partial charge in [0.15, 0.2) is 0 Å². The summed E-state index contributed by atoms with van der Waals surface area (Å²) in [4.78, 5) is 11.8. The summed E-state index contributed by atoms with van der Waals surface area (Å²) in [6.45, 7) is 1.05. The van der Waals surface area contributed by atoms with Gasteiger partial charge in [0.2, 0.25) is 5.89 Å². The van der Waals surface area contributed by atoms with E-state index in [-0.39, 0.29) is 17.8 Å². The minimum Gasteiger partial charge on any atom is -0.462 e. The summed E-state index contributed by atoms with van der Waals surface area (Å²) >= 11 is 7.00. The molecule has 1 atom stereocenters. The fourth-order valence-corrected chi connectivity index (χ4v) is 2.95. The fourth-order valence-electron chi connectivity index (χ4n) is 2.26. The van der Waals surface area contributed by atoms with Crippen LogP contribution in [0.1, 0.15) is 19.3 Å². The highest BCUT2D eigenvalue weighted by atomic mass is 35.5. The molecule has 1 aliphatic heterocycles. The van der Waals surface area contributed by atoms with Crippen LogP contribution in [0.4, 0.5) is 0 Å². The molecule has 128 valence electrons. The maximum atomic E-state index is 11.8. The van der Waals surface area contributed by atoms with Gasteiger partial charge in [-0.15, -0.1) is 10.2 Å². The maximum Gasteiger partial charge on any atom is 0.316 e. The molecule has 0 aliphatic carbocycles. The molecule has 0 radical (unpaired) electrons. The van der Waals surface area contributed by atoms with Crippen LogP contribution in [0.3, 0.4) is 0 Å². The van der Waals surface area contributed by atoms with Crippen LogP contribution in [0.2, 0.25) is 5.02 Å². The molecule has 0 bridgehead atoms. The lowest BCUT2D eigenvalue weighted by molar-refractivity contribution is -0.145. The number of ether oxygens (including phenoxy) is 2. The molecule has 3 rings (SSSR count). The summed E-state index contributed by atoms with van der Waals surface area (Å²) in [5.74, 6) is 0.188. The number of aromatic nitrogens is 2. The lowest BCUT2D eigenvalue weighted by Gasteiger charge is -2.21. The van der Waals surface area contributed by atoms with Gasteiger partial charge in [-0.05, 0) is 43.5 Å². The van der Waals surface area contributed by atoms with E-state index >= 15 is 0 Å². The molecular weight excluding hydrogens is 352 g/mol. The molecule has 6 nitrogen and oxygen atoms in total. The molecule has 0 N–H and O–H groups in total. The van der Waals surface area contributed by atoms with Crippen LogP contribution in [-0.2, 0) is 14.3 Å². The molecule has 1 fully saturated rings. The molecular formula is C16H17ClN2O4S. The molecule has 2 heterocycles. The Bertz CT molecular complexity index is 671. The third kappa shape index (κ3) is 4.96. The second-order valence-corrected chi connectivity index (χ2v) is 6.70. The Kier molecular flexibility index (Phi) is 6.12. The number of hydrogen-bond acceptors (Lipinski definition) is 7. The highest BCUT2D eigenvalue weighted by Gasteiger charge is 2.17. The summed E-state index contributed by atoms with van der Waals surface area (Å²) in [6.07, 6.45) is 3.15. The minimum absolute atomic E-state index is 0.0209. The first-order valence-electron chi connectivity index (χ1n) is 7.70. The van der Waals surface area contributed by atoms with Gasteiger partial charge < -0.3 is 13.9 Å². The number of benzene rings is 1. The van der Waals surface area contributed by atoms with Gasteiger partial charge in [-0.25, -0.2) is 0 Å². The Morgan fingerprint density at radius 1 is 1.29 bits per heavy atom. The molecule has 8 heteroatoms. The first-order valence-corrected chi connectivity index (χ1v) is 9.06. The molecule has 1 unspecified atom stereocenters. The SMILES string of the molecule is O=C(CSc1nnc(-c2ccc(Cl)cc2)o1)OCC1CCCCO1. The minimum atomic E-state index is -0.319. The number of hydrogen-bond donors (Lipinski definition) is 0. The van der Waals surface area contributed by atoms with Crippen molar-refractivity contribution >= 4 is 29.3 Å². The topological polar surface area (TPSA) is 74.5 Å². The number of halogens is 1. The van der Waals surface area contributed by atoms with Crippen molar-refractivity contribution in [3.05, 3.63) is 29.3 Å². The Labute approximate surface area is 148 Å². The number of carbonyl (C=O) groups excluding carboxylic acids is 1. The van der Waals surface area contributed by atoms with E-state index in [2.05, 4.69) is 10.2 Å². The summed E-state index contributed by atoms with van der Waals surface area (Å²) in [5.41, 5.74) is 0.774. The van der Waals surface area contributed by atoms with Crippen molar-refractivity contribution in [1.82, 2.24) is 10.2 Å². The zero-order valence-electron chi connectivity index (χ0n) is 12.9. The molecule has 0 saturated carbocycles. The third-order valence-corrected chi connectivity index (χ3v) is 4.56. The lowest BCUT2D eigenvalue weighted by Crippen LogP contribution is -2.26. The van der Waals surface area contributed by atoms with E-state index in [0.29, 0.717) is 22.7 Å². The normalized spacial score (nSPS) is 17.6. The van der Waals surface area contributed by atoms with E-state index in [0.717, 1.165) is 43.2 Å². The fraction of sp³-hybridized carbons (Fsp3) is 0.438. The Morgan fingerprint density at radius 2 is 2.12 bits per heavy atom. The van der Waals surface area contributed by atoms with Gasteiger partial charge in [-0.3, -0.25) is 4.79 Å². The first kappa shape index (κ1) is 17.3. The van der Waals surface area contributed by atoms with E-state index in [1.165, 1.54) is 0 Å². The van der Waals surface area contributed by atoms with E-state index in [1.54, 1.807) is 24.3 Å². The number of carbonyl (C=O) groups is 1. The van der Waals surface area contributed by atoms with E-state index < -0.39 is 0 Å². The summed E-state index contributed by atoms with van der Waals surface area (Å²) in [5, 5.41) is 8.84. The van der Waals surface area contributed by atoms with Crippen molar-refractivity contribution in [2.24, 2.45) is 0 Å². The van der Waals surface area contributed by atoms with Crippen molar-refractivity contribution in [1.29, 1.82) is 0 Å². The third-order valence-electron chi connectivity index (χ3n) is 3.52. The zero-order chi connectivity index (χ0) is 16.8. The molecule has 1 aromatic carbocycles. The molecule has 1 aliphatic rings. The average molecular weight is 369 g/mol. The molecule has 1 saturated heterocycles. The quantitative estimate of drug-likeness (QED) is 0.569. The van der Waals surface area contributed by atoms with Crippen LogP contribution in [0.25, 0.3) is 11.5 Å². The number of thioether (sulfide) groups is 1. The van der Waals surface area contributed by atoms with Gasteiger partial charge >= 0.3 is 5.97 Å². The summed E-state index contributed by atoms with van der Waals surface area (Å²) < 4.78 is 16.3. The van der Waals surface area contributed by atoms with Gasteiger partial charge in [-0.2, -0.15) is 0 Å². The van der Waals surface area contributed by atoms with E-state index in [1.807, 2.05) is 0 Å². The van der Waals surface area contributed by atoms with Crippen LogP contribution < -0.4 is 0 Å². The zero-order valence-corrected chi connectivity index (χ0v) is 14.5. The van der Waals surface area contributed by atoms with Crippen LogP contribution in [-0.4, -0.2) is 41.2 Å². The van der Waals surface area contributed by atoms with Gasteiger partial charge in [0, 0.05) is 17.2 Å². The average Bonchev–Trinajstić information content (AvgIpc) is 3.09. The van der Waals surface area contributed by atoms with Crippen molar-refractivity contribution < 1.29 is 18.7 Å². The molecule has 0 spiro atoms. The smallest absolute Gasteiger partial charge is 0.316 e. The Hall–Kier alpha value is -1.57. The number of esters is 1. The number of rotatable bonds is 6. The van der Waals surface area contributed by atoms with Crippen molar-refractivity contribution in [2.45, 2.75) is 30.6 Å². The molecule has 24 heavy (non-hydrogen) atoms. The lowest BCUT2D eigenvalue weighted by atomic mass is 10.1. The maximum absolute atomic E-state index is 11.8. The van der Waals surface area contributed by atoms with Crippen LogP contribution in [0.15, 0.2) is 33.9 Å². The van der Waals surface area contributed by atoms with Crippen LogP contribution in [0, 0.1) is 0 Å². The summed E-state index contributed by atoms with van der Waals surface area (Å²) in [7, 11) is 0. The Balaban J connectivity index is 1.44. The predicted molar refractivity (Wildman–Crippen MR) is 90.0 cm³/mol.